The van der Waals surface area contributed by atoms with Gasteiger partial charge in [0.05, 0.1) is 17.1 Å². The molecular formula is C23H20CuN4O2. The number of para-hydroxylation sites is 3. The Hall–Kier alpha value is -3.54. The number of aromatic hydroxyl groups is 2. The minimum Gasteiger partial charge on any atom is -0.506 e. The van der Waals surface area contributed by atoms with Gasteiger partial charge in [-0.3, -0.25) is 0 Å². The van der Waals surface area contributed by atoms with Crippen molar-refractivity contribution in [3.63, 3.8) is 0 Å². The molecule has 0 aliphatic carbocycles. The standard InChI is InChI=1S/C23H20N4O2.Cu/c1-24-19-10-6-11-20(23(19)29)26-27-22-16-8-3-2-7-15(16)13-14-18(22)25-17-9-4-5-12-21(17)28;/h2-14,24-25,28-29H,1H3;. The van der Waals surface area contributed by atoms with Gasteiger partial charge in [0.25, 0.3) is 0 Å². The van der Waals surface area contributed by atoms with Crippen LogP contribution in [0.2, 0.25) is 0 Å². The van der Waals surface area contributed by atoms with Crippen molar-refractivity contribution >= 4 is 39.2 Å². The smallest absolute Gasteiger partial charge is 0.166 e. The molecule has 4 aromatic carbocycles. The number of nitrogens with zero attached hydrogens (tertiary/aromatic N) is 2. The van der Waals surface area contributed by atoms with E-state index in [-0.39, 0.29) is 28.6 Å². The summed E-state index contributed by atoms with van der Waals surface area (Å²) in [5.41, 5.74) is 2.81. The summed E-state index contributed by atoms with van der Waals surface area (Å²) in [6, 6.07) is 24.0. The van der Waals surface area contributed by atoms with Crippen LogP contribution >= 0.6 is 0 Å². The first-order valence-electron chi connectivity index (χ1n) is 9.15. The summed E-state index contributed by atoms with van der Waals surface area (Å²) in [6.07, 6.45) is 0. The number of hydrogen-bond donors (Lipinski definition) is 4. The number of phenolic OH excluding ortho intramolecular Hbond substituents is 2. The van der Waals surface area contributed by atoms with Crippen LogP contribution in [0.1, 0.15) is 0 Å². The Bertz CT molecular complexity index is 1210. The number of fused-ring (bicyclic) bond motifs is 1. The molecule has 0 spiro atoms. The molecule has 6 nitrogen and oxygen atoms in total. The summed E-state index contributed by atoms with van der Waals surface area (Å²) in [5.74, 6) is 0.178. The van der Waals surface area contributed by atoms with Crippen LogP contribution in [0.25, 0.3) is 10.8 Å². The Kier molecular flexibility index (Phi) is 6.57. The molecule has 0 saturated carbocycles. The van der Waals surface area contributed by atoms with Crippen LogP contribution < -0.4 is 10.6 Å². The van der Waals surface area contributed by atoms with Crippen molar-refractivity contribution < 1.29 is 27.3 Å². The van der Waals surface area contributed by atoms with E-state index < -0.39 is 0 Å². The summed E-state index contributed by atoms with van der Waals surface area (Å²) < 4.78 is 0. The quantitative estimate of drug-likeness (QED) is 0.161. The van der Waals surface area contributed by atoms with Gasteiger partial charge in [-0.2, -0.15) is 0 Å². The molecule has 155 valence electrons. The van der Waals surface area contributed by atoms with E-state index in [2.05, 4.69) is 20.9 Å². The molecule has 0 amide bonds. The number of anilines is 3. The third kappa shape index (κ3) is 4.22. The molecule has 0 unspecified atom stereocenters. The Morgan fingerprint density at radius 2 is 1.43 bits per heavy atom. The van der Waals surface area contributed by atoms with E-state index in [1.165, 1.54) is 0 Å². The van der Waals surface area contributed by atoms with E-state index in [0.717, 1.165) is 10.8 Å². The van der Waals surface area contributed by atoms with Crippen LogP contribution in [-0.4, -0.2) is 17.3 Å². The zero-order valence-electron chi connectivity index (χ0n) is 16.1. The van der Waals surface area contributed by atoms with Crippen molar-refractivity contribution in [2.75, 3.05) is 17.7 Å². The fourth-order valence-electron chi connectivity index (χ4n) is 3.11. The van der Waals surface area contributed by atoms with E-state index in [4.69, 9.17) is 0 Å². The second-order valence-corrected chi connectivity index (χ2v) is 6.45. The first kappa shape index (κ1) is 21.2. The van der Waals surface area contributed by atoms with Crippen molar-refractivity contribution in [1.82, 2.24) is 0 Å². The van der Waals surface area contributed by atoms with Gasteiger partial charge in [0.2, 0.25) is 0 Å². The molecule has 0 atom stereocenters. The summed E-state index contributed by atoms with van der Waals surface area (Å²) >= 11 is 0. The molecule has 7 heteroatoms. The molecule has 1 radical (unpaired) electrons. The first-order chi connectivity index (χ1) is 14.2. The van der Waals surface area contributed by atoms with Gasteiger partial charge in [0.1, 0.15) is 17.1 Å². The second kappa shape index (κ2) is 9.30. The Balaban J connectivity index is 0.00000256. The van der Waals surface area contributed by atoms with Crippen LogP contribution in [0.3, 0.4) is 0 Å². The van der Waals surface area contributed by atoms with Gasteiger partial charge in [-0.1, -0.05) is 48.5 Å². The zero-order chi connectivity index (χ0) is 20.2. The van der Waals surface area contributed by atoms with Crippen molar-refractivity contribution in [2.24, 2.45) is 10.2 Å². The second-order valence-electron chi connectivity index (χ2n) is 6.45. The monoisotopic (exact) mass is 447 g/mol. The number of rotatable bonds is 5. The van der Waals surface area contributed by atoms with Gasteiger partial charge in [0, 0.05) is 29.5 Å². The first-order valence-corrected chi connectivity index (χ1v) is 9.15. The van der Waals surface area contributed by atoms with E-state index in [1.54, 1.807) is 43.4 Å². The van der Waals surface area contributed by atoms with Crippen LogP contribution in [0, 0.1) is 0 Å². The van der Waals surface area contributed by atoms with Gasteiger partial charge < -0.3 is 20.8 Å². The molecule has 0 bridgehead atoms. The topological polar surface area (TPSA) is 89.2 Å². The van der Waals surface area contributed by atoms with Crippen molar-refractivity contribution in [2.45, 2.75) is 0 Å². The number of azo groups is 1. The minimum atomic E-state index is 0. The van der Waals surface area contributed by atoms with Gasteiger partial charge in [-0.25, -0.2) is 0 Å². The zero-order valence-corrected chi connectivity index (χ0v) is 17.0. The maximum Gasteiger partial charge on any atom is 0.166 e. The normalized spacial score (nSPS) is 10.7. The van der Waals surface area contributed by atoms with Crippen molar-refractivity contribution in [1.29, 1.82) is 0 Å². The van der Waals surface area contributed by atoms with Crippen LogP contribution in [0.15, 0.2) is 89.1 Å². The number of benzene rings is 4. The molecule has 4 aromatic rings. The number of hydrogen-bond acceptors (Lipinski definition) is 6. The van der Waals surface area contributed by atoms with Crippen LogP contribution in [-0.2, 0) is 17.1 Å². The van der Waals surface area contributed by atoms with Gasteiger partial charge in [0.15, 0.2) is 5.75 Å². The van der Waals surface area contributed by atoms with E-state index in [9.17, 15) is 10.2 Å². The summed E-state index contributed by atoms with van der Waals surface area (Å²) in [6.45, 7) is 0. The molecular weight excluding hydrogens is 428 g/mol. The van der Waals surface area contributed by atoms with E-state index in [1.807, 2.05) is 42.5 Å². The van der Waals surface area contributed by atoms with Crippen molar-refractivity contribution in [3.05, 3.63) is 78.9 Å². The third-order valence-corrected chi connectivity index (χ3v) is 4.62. The fraction of sp³-hybridized carbons (Fsp3) is 0.0435. The number of phenols is 2. The summed E-state index contributed by atoms with van der Waals surface area (Å²) in [4.78, 5) is 0. The predicted molar refractivity (Wildman–Crippen MR) is 117 cm³/mol. The maximum atomic E-state index is 10.4. The molecule has 0 aliphatic heterocycles. The average molecular weight is 448 g/mol. The van der Waals surface area contributed by atoms with Gasteiger partial charge >= 0.3 is 0 Å². The van der Waals surface area contributed by atoms with Gasteiger partial charge in [-0.05, 0) is 35.7 Å². The Labute approximate surface area is 184 Å². The largest absolute Gasteiger partial charge is 0.506 e. The van der Waals surface area contributed by atoms with Gasteiger partial charge in [-0.15, -0.1) is 10.2 Å². The Morgan fingerprint density at radius 1 is 0.700 bits per heavy atom. The average Bonchev–Trinajstić information content (AvgIpc) is 2.75. The summed E-state index contributed by atoms with van der Waals surface area (Å²) in [5, 5.41) is 37.3. The maximum absolute atomic E-state index is 10.4. The van der Waals surface area contributed by atoms with E-state index in [0.29, 0.717) is 28.4 Å². The SMILES string of the molecule is CNc1cccc(N=Nc2c(Nc3ccccc3O)ccc3ccccc23)c1O.[Cu]. The van der Waals surface area contributed by atoms with Crippen LogP contribution in [0.4, 0.5) is 28.4 Å². The molecule has 30 heavy (non-hydrogen) atoms. The van der Waals surface area contributed by atoms with Crippen molar-refractivity contribution in [3.8, 4) is 11.5 Å². The third-order valence-electron chi connectivity index (χ3n) is 4.62. The summed E-state index contributed by atoms with van der Waals surface area (Å²) in [7, 11) is 1.73. The number of nitrogens with one attached hydrogen (secondary N) is 2. The molecule has 4 rings (SSSR count). The molecule has 0 aliphatic rings. The van der Waals surface area contributed by atoms with E-state index >= 15 is 0 Å². The molecule has 0 fully saturated rings. The molecule has 4 N–H and O–H groups in total. The molecule has 0 heterocycles. The minimum absolute atomic E-state index is 0. The fourth-order valence-corrected chi connectivity index (χ4v) is 3.11. The Morgan fingerprint density at radius 3 is 2.23 bits per heavy atom. The predicted octanol–water partition coefficient (Wildman–Crippen LogP) is 6.45. The molecule has 0 saturated heterocycles. The molecule has 0 aromatic heterocycles. The van der Waals surface area contributed by atoms with Crippen LogP contribution in [0.5, 0.6) is 11.5 Å².